The number of aromatic nitrogens is 2. The number of para-hydroxylation sites is 1. The Morgan fingerprint density at radius 2 is 1.95 bits per heavy atom. The van der Waals surface area contributed by atoms with E-state index in [1.54, 1.807) is 24.4 Å². The highest BCUT2D eigenvalue weighted by atomic mass is 32.2. The number of carbonyl (C=O) groups is 1. The summed E-state index contributed by atoms with van der Waals surface area (Å²) < 4.78 is 58.8. The number of H-pyrrole nitrogens is 1. The topological polar surface area (TPSA) is 194 Å². The van der Waals surface area contributed by atoms with Crippen LogP contribution in [0.4, 0.5) is 11.4 Å². The number of hydrogen-bond acceptors (Lipinski definition) is 10. The summed E-state index contributed by atoms with van der Waals surface area (Å²) in [5, 5.41) is 15.5. The van der Waals surface area contributed by atoms with Crippen molar-refractivity contribution < 1.29 is 31.3 Å². The number of nitrogens with one attached hydrogen (secondary N) is 3. The van der Waals surface area contributed by atoms with Crippen molar-refractivity contribution in [2.45, 2.75) is 11.3 Å². The van der Waals surface area contributed by atoms with Gasteiger partial charge in [0, 0.05) is 37.3 Å². The van der Waals surface area contributed by atoms with Gasteiger partial charge in [0.1, 0.15) is 22.8 Å². The van der Waals surface area contributed by atoms with E-state index in [4.69, 9.17) is 4.74 Å². The molecule has 1 unspecified atom stereocenters. The number of benzene rings is 2. The van der Waals surface area contributed by atoms with Gasteiger partial charge in [-0.05, 0) is 48.7 Å². The van der Waals surface area contributed by atoms with Crippen molar-refractivity contribution in [3.8, 4) is 11.5 Å². The quantitative estimate of drug-likeness (QED) is 0.176. The van der Waals surface area contributed by atoms with Gasteiger partial charge in [-0.1, -0.05) is 12.1 Å². The Morgan fingerprint density at radius 3 is 2.69 bits per heavy atom. The molecule has 1 saturated heterocycles. The molecule has 2 aromatic carbocycles. The minimum Gasteiger partial charge on any atom is -0.455 e. The van der Waals surface area contributed by atoms with Crippen LogP contribution in [-0.4, -0.2) is 67.8 Å². The third kappa shape index (κ3) is 6.35. The SMILES string of the molecule is CS(=O)(=O)N1CCC(CNc2ccc(S(=O)(=O)NC(=O)c3ccccc3Oc3cnc4[nH]ccc4c3)cc2[N+](=O)[O-])C1. The molecule has 0 aliphatic carbocycles. The Hall–Kier alpha value is -4.54. The fourth-order valence-corrected chi connectivity index (χ4v) is 6.48. The molecule has 0 bridgehead atoms. The lowest BCUT2D eigenvalue weighted by molar-refractivity contribution is -0.384. The van der Waals surface area contributed by atoms with E-state index in [9.17, 15) is 31.7 Å². The van der Waals surface area contributed by atoms with E-state index in [0.717, 1.165) is 23.8 Å². The fraction of sp³-hybridized carbons (Fsp3) is 0.231. The van der Waals surface area contributed by atoms with Crippen LogP contribution in [0.1, 0.15) is 16.8 Å². The molecule has 0 radical (unpaired) electrons. The van der Waals surface area contributed by atoms with Crippen molar-refractivity contribution in [2.24, 2.45) is 5.92 Å². The van der Waals surface area contributed by atoms with E-state index < -0.39 is 41.5 Å². The summed E-state index contributed by atoms with van der Waals surface area (Å²) in [6, 6.07) is 12.8. The molecule has 42 heavy (non-hydrogen) atoms. The van der Waals surface area contributed by atoms with Gasteiger partial charge in [-0.2, -0.15) is 0 Å². The van der Waals surface area contributed by atoms with Gasteiger partial charge in [-0.25, -0.2) is 30.8 Å². The molecule has 14 nitrogen and oxygen atoms in total. The summed E-state index contributed by atoms with van der Waals surface area (Å²) in [6.07, 6.45) is 4.87. The molecule has 1 fully saturated rings. The number of sulfonamides is 2. The van der Waals surface area contributed by atoms with Crippen molar-refractivity contribution in [1.82, 2.24) is 19.0 Å². The zero-order valence-electron chi connectivity index (χ0n) is 22.2. The molecule has 220 valence electrons. The van der Waals surface area contributed by atoms with E-state index in [1.807, 2.05) is 4.72 Å². The van der Waals surface area contributed by atoms with Crippen LogP contribution in [0.3, 0.4) is 0 Å². The number of nitro groups is 1. The van der Waals surface area contributed by atoms with Gasteiger partial charge in [-0.3, -0.25) is 14.9 Å². The van der Waals surface area contributed by atoms with Crippen molar-refractivity contribution >= 4 is 48.4 Å². The van der Waals surface area contributed by atoms with Crippen LogP contribution in [0.15, 0.2) is 71.9 Å². The van der Waals surface area contributed by atoms with Crippen molar-refractivity contribution in [3.63, 3.8) is 0 Å². The molecule has 1 atom stereocenters. The first-order valence-electron chi connectivity index (χ1n) is 12.7. The number of fused-ring (bicyclic) bond motifs is 1. The maximum Gasteiger partial charge on any atom is 0.293 e. The van der Waals surface area contributed by atoms with Gasteiger partial charge >= 0.3 is 0 Å². The Balaban J connectivity index is 1.31. The van der Waals surface area contributed by atoms with Crippen molar-refractivity contribution in [1.29, 1.82) is 0 Å². The minimum atomic E-state index is -4.52. The number of ether oxygens (including phenoxy) is 1. The lowest BCUT2D eigenvalue weighted by atomic mass is 10.1. The molecule has 16 heteroatoms. The molecule has 3 N–H and O–H groups in total. The second-order valence-electron chi connectivity index (χ2n) is 9.71. The van der Waals surface area contributed by atoms with Gasteiger partial charge in [-0.15, -0.1) is 0 Å². The second-order valence-corrected chi connectivity index (χ2v) is 13.4. The van der Waals surface area contributed by atoms with Gasteiger partial charge in [0.2, 0.25) is 10.0 Å². The molecule has 4 aromatic rings. The van der Waals surface area contributed by atoms with Crippen molar-refractivity contribution in [3.05, 3.63) is 82.7 Å². The summed E-state index contributed by atoms with van der Waals surface area (Å²) in [6.45, 7) is 0.886. The third-order valence-electron chi connectivity index (χ3n) is 6.74. The molecule has 0 spiro atoms. The predicted octanol–water partition coefficient (Wildman–Crippen LogP) is 3.08. The first kappa shape index (κ1) is 29.0. The highest BCUT2D eigenvalue weighted by molar-refractivity contribution is 7.90. The van der Waals surface area contributed by atoms with Crippen LogP contribution in [0.25, 0.3) is 11.0 Å². The Bertz CT molecular complexity index is 1890. The summed E-state index contributed by atoms with van der Waals surface area (Å²) in [4.78, 5) is 30.8. The second kappa shape index (κ2) is 11.4. The van der Waals surface area contributed by atoms with Crippen LogP contribution in [0, 0.1) is 16.0 Å². The van der Waals surface area contributed by atoms with Crippen LogP contribution in [0.2, 0.25) is 0 Å². The molecule has 0 saturated carbocycles. The smallest absolute Gasteiger partial charge is 0.293 e. The van der Waals surface area contributed by atoms with E-state index in [2.05, 4.69) is 15.3 Å². The predicted molar refractivity (Wildman–Crippen MR) is 153 cm³/mol. The molecular formula is C26H26N6O8S2. The largest absolute Gasteiger partial charge is 0.455 e. The normalized spacial score (nSPS) is 15.9. The monoisotopic (exact) mass is 614 g/mol. The van der Waals surface area contributed by atoms with Crippen LogP contribution >= 0.6 is 0 Å². The molecule has 1 aliphatic rings. The van der Waals surface area contributed by atoms with Crippen LogP contribution < -0.4 is 14.8 Å². The zero-order chi connectivity index (χ0) is 30.1. The van der Waals surface area contributed by atoms with Crippen LogP contribution in [0.5, 0.6) is 11.5 Å². The molecular weight excluding hydrogens is 588 g/mol. The number of aromatic amines is 1. The number of nitrogens with zero attached hydrogens (tertiary/aromatic N) is 3. The van der Waals surface area contributed by atoms with Gasteiger partial charge in [0.05, 0.1) is 27.8 Å². The number of rotatable bonds is 10. The number of hydrogen-bond donors (Lipinski definition) is 3. The third-order valence-corrected chi connectivity index (χ3v) is 9.33. The Morgan fingerprint density at radius 1 is 1.17 bits per heavy atom. The summed E-state index contributed by atoms with van der Waals surface area (Å²) in [5.74, 6) is -0.674. The van der Waals surface area contributed by atoms with Gasteiger partial charge in [0.15, 0.2) is 0 Å². The highest BCUT2D eigenvalue weighted by Crippen LogP contribution is 2.30. The maximum absolute atomic E-state index is 13.1. The van der Waals surface area contributed by atoms with Crippen LogP contribution in [-0.2, 0) is 20.0 Å². The van der Waals surface area contributed by atoms with Gasteiger partial charge < -0.3 is 15.0 Å². The highest BCUT2D eigenvalue weighted by Gasteiger charge is 2.29. The Labute approximate surface area is 241 Å². The van der Waals surface area contributed by atoms with E-state index >= 15 is 0 Å². The lowest BCUT2D eigenvalue weighted by Gasteiger charge is -2.15. The number of amides is 1. The van der Waals surface area contributed by atoms with E-state index in [0.29, 0.717) is 24.4 Å². The first-order chi connectivity index (χ1) is 19.9. The molecule has 2 aromatic heterocycles. The average Bonchev–Trinajstić information content (AvgIpc) is 3.61. The van der Waals surface area contributed by atoms with Crippen molar-refractivity contribution in [2.75, 3.05) is 31.2 Å². The molecule has 3 heterocycles. The fourth-order valence-electron chi connectivity index (χ4n) is 4.58. The minimum absolute atomic E-state index is 0.0647. The van der Waals surface area contributed by atoms with E-state index in [1.165, 1.54) is 34.8 Å². The molecule has 1 amide bonds. The zero-order valence-corrected chi connectivity index (χ0v) is 23.8. The van der Waals surface area contributed by atoms with E-state index in [-0.39, 0.29) is 36.0 Å². The number of nitro benzene ring substituents is 1. The number of carbonyl (C=O) groups excluding carboxylic acids is 1. The lowest BCUT2D eigenvalue weighted by Crippen LogP contribution is -2.31. The number of pyridine rings is 1. The maximum atomic E-state index is 13.1. The summed E-state index contributed by atoms with van der Waals surface area (Å²) in [7, 11) is -7.86. The molecule has 1 aliphatic heterocycles. The first-order valence-corrected chi connectivity index (χ1v) is 16.0. The molecule has 5 rings (SSSR count). The standard InChI is InChI=1S/C26H26N6O8S2/c1-41(36,37)31-11-9-17(16-31)14-28-22-7-6-20(13-23(22)32(34)35)42(38,39)30-26(33)21-4-2-3-5-24(21)40-19-12-18-8-10-27-25(18)29-15-19/h2-8,10,12-13,15,17,28H,9,11,14,16H2,1H3,(H,27,29)(H,30,33). The van der Waals surface area contributed by atoms with Gasteiger partial charge in [0.25, 0.3) is 21.6 Å². The Kier molecular flexibility index (Phi) is 7.85. The summed E-state index contributed by atoms with van der Waals surface area (Å²) in [5.41, 5.74) is 0.115. The summed E-state index contributed by atoms with van der Waals surface area (Å²) >= 11 is 0. The average molecular weight is 615 g/mol. The number of anilines is 1.